The minimum atomic E-state index is -0.658. The molecule has 0 unspecified atom stereocenters. The van der Waals surface area contributed by atoms with Crippen LogP contribution in [0.1, 0.15) is 12.5 Å². The third-order valence-corrected chi connectivity index (χ3v) is 1.98. The van der Waals surface area contributed by atoms with Crippen molar-refractivity contribution in [2.24, 2.45) is 10.8 Å². The van der Waals surface area contributed by atoms with Crippen molar-refractivity contribution in [1.29, 1.82) is 0 Å². The first-order chi connectivity index (χ1) is 7.61. The number of primary amides is 1. The average Bonchev–Trinajstić information content (AvgIpc) is 2.27. The lowest BCUT2D eigenvalue weighted by molar-refractivity contribution is 0.249. The number of nitrogens with two attached hydrogens (primary N) is 1. The number of ether oxygens (including phenoxy) is 1. The average molecular weight is 221 g/mol. The van der Waals surface area contributed by atoms with Crippen LogP contribution in [0.2, 0.25) is 0 Å². The van der Waals surface area contributed by atoms with Crippen molar-refractivity contribution in [3.63, 3.8) is 0 Å². The molecule has 3 N–H and O–H groups in total. The fraction of sp³-hybridized carbons (Fsp3) is 0.273. The van der Waals surface area contributed by atoms with Gasteiger partial charge in [-0.25, -0.2) is 10.2 Å². The maximum atomic E-state index is 10.4. The molecule has 0 aliphatic rings. The molecule has 0 aromatic heterocycles. The molecule has 0 fully saturated rings. The van der Waals surface area contributed by atoms with Crippen molar-refractivity contribution in [2.75, 3.05) is 7.11 Å². The summed E-state index contributed by atoms with van der Waals surface area (Å²) in [7, 11) is 1.62. The number of hydrogen-bond acceptors (Lipinski definition) is 3. The highest BCUT2D eigenvalue weighted by Crippen LogP contribution is 2.11. The Morgan fingerprint density at radius 3 is 2.56 bits per heavy atom. The van der Waals surface area contributed by atoms with E-state index in [1.807, 2.05) is 31.2 Å². The molecule has 86 valence electrons. The van der Waals surface area contributed by atoms with Crippen LogP contribution in [-0.4, -0.2) is 18.9 Å². The van der Waals surface area contributed by atoms with Gasteiger partial charge in [0.15, 0.2) is 0 Å². The van der Waals surface area contributed by atoms with Gasteiger partial charge in [0.1, 0.15) is 5.75 Å². The number of rotatable bonds is 4. The molecule has 0 aliphatic carbocycles. The van der Waals surface area contributed by atoms with Gasteiger partial charge < -0.3 is 10.5 Å². The second-order valence-corrected chi connectivity index (χ2v) is 3.35. The van der Waals surface area contributed by atoms with Crippen LogP contribution in [0.4, 0.5) is 4.79 Å². The van der Waals surface area contributed by atoms with E-state index in [-0.39, 0.29) is 0 Å². The fourth-order valence-electron chi connectivity index (χ4n) is 1.23. The van der Waals surface area contributed by atoms with Gasteiger partial charge in [-0.1, -0.05) is 12.1 Å². The number of carbonyl (C=O) groups is 1. The van der Waals surface area contributed by atoms with Gasteiger partial charge >= 0.3 is 6.03 Å². The second-order valence-electron chi connectivity index (χ2n) is 3.35. The van der Waals surface area contributed by atoms with Crippen LogP contribution in [0.5, 0.6) is 5.75 Å². The summed E-state index contributed by atoms with van der Waals surface area (Å²) in [4.78, 5) is 10.4. The molecule has 2 amide bonds. The van der Waals surface area contributed by atoms with Crippen LogP contribution in [-0.2, 0) is 6.42 Å². The van der Waals surface area contributed by atoms with Crippen molar-refractivity contribution in [1.82, 2.24) is 5.43 Å². The topological polar surface area (TPSA) is 76.7 Å². The molecular weight excluding hydrogens is 206 g/mol. The Kier molecular flexibility index (Phi) is 4.32. The molecule has 0 radical (unpaired) electrons. The molecule has 5 heteroatoms. The highest BCUT2D eigenvalue weighted by Gasteiger charge is 1.98. The minimum Gasteiger partial charge on any atom is -0.497 e. The first-order valence-corrected chi connectivity index (χ1v) is 4.83. The van der Waals surface area contributed by atoms with Crippen LogP contribution in [0.15, 0.2) is 29.4 Å². The molecule has 1 rings (SSSR count). The van der Waals surface area contributed by atoms with Crippen molar-refractivity contribution in [3.05, 3.63) is 29.8 Å². The van der Waals surface area contributed by atoms with Crippen molar-refractivity contribution < 1.29 is 9.53 Å². The molecule has 16 heavy (non-hydrogen) atoms. The fourth-order valence-corrected chi connectivity index (χ4v) is 1.23. The third-order valence-electron chi connectivity index (χ3n) is 1.98. The Balaban J connectivity index is 2.58. The highest BCUT2D eigenvalue weighted by molar-refractivity contribution is 5.85. The van der Waals surface area contributed by atoms with Gasteiger partial charge in [0.25, 0.3) is 0 Å². The lowest BCUT2D eigenvalue weighted by Crippen LogP contribution is -2.25. The zero-order valence-corrected chi connectivity index (χ0v) is 9.36. The molecule has 0 spiro atoms. The predicted octanol–water partition coefficient (Wildman–Crippen LogP) is 1.28. The van der Waals surface area contributed by atoms with E-state index in [1.54, 1.807) is 7.11 Å². The first kappa shape index (κ1) is 12.0. The summed E-state index contributed by atoms with van der Waals surface area (Å²) in [5.74, 6) is 0.814. The quantitative estimate of drug-likeness (QED) is 0.593. The minimum absolute atomic E-state index is 0.657. The Labute approximate surface area is 94.3 Å². The van der Waals surface area contributed by atoms with Gasteiger partial charge in [0.05, 0.1) is 7.11 Å². The van der Waals surface area contributed by atoms with Crippen molar-refractivity contribution >= 4 is 11.7 Å². The van der Waals surface area contributed by atoms with Gasteiger partial charge in [-0.2, -0.15) is 5.10 Å². The molecule has 0 saturated carbocycles. The normalized spacial score (nSPS) is 11.0. The Hall–Kier alpha value is -2.04. The largest absolute Gasteiger partial charge is 0.497 e. The summed E-state index contributed by atoms with van der Waals surface area (Å²) in [6.45, 7) is 1.82. The Bertz CT molecular complexity index is 385. The van der Waals surface area contributed by atoms with E-state index in [4.69, 9.17) is 10.5 Å². The van der Waals surface area contributed by atoms with Crippen LogP contribution >= 0.6 is 0 Å². The Morgan fingerprint density at radius 2 is 2.06 bits per heavy atom. The number of carbonyl (C=O) groups excluding carboxylic acids is 1. The number of hydrogen-bond donors (Lipinski definition) is 2. The molecule has 0 bridgehead atoms. The van der Waals surface area contributed by atoms with E-state index in [9.17, 15) is 4.79 Å². The number of nitrogens with zero attached hydrogens (tertiary/aromatic N) is 1. The summed E-state index contributed by atoms with van der Waals surface area (Å²) in [5.41, 5.74) is 8.96. The number of methoxy groups -OCH3 is 1. The Morgan fingerprint density at radius 1 is 1.44 bits per heavy atom. The van der Waals surface area contributed by atoms with Gasteiger partial charge in [0, 0.05) is 12.1 Å². The zero-order chi connectivity index (χ0) is 12.0. The summed E-state index contributed by atoms with van der Waals surface area (Å²) in [5, 5.41) is 3.82. The molecule has 0 heterocycles. The number of nitrogens with one attached hydrogen (secondary N) is 1. The number of urea groups is 1. The van der Waals surface area contributed by atoms with Gasteiger partial charge in [0.2, 0.25) is 0 Å². The van der Waals surface area contributed by atoms with E-state index in [1.165, 1.54) is 0 Å². The summed E-state index contributed by atoms with van der Waals surface area (Å²) >= 11 is 0. The standard InChI is InChI=1S/C11H15N3O2/c1-8(13-14-11(12)15)7-9-3-5-10(16-2)6-4-9/h3-6H,7H2,1-2H3,(H3,12,14,15)/b13-8-. The molecule has 1 aromatic carbocycles. The predicted molar refractivity (Wildman–Crippen MR) is 62.5 cm³/mol. The van der Waals surface area contributed by atoms with E-state index in [2.05, 4.69) is 10.5 Å². The van der Waals surface area contributed by atoms with Gasteiger partial charge in [-0.15, -0.1) is 0 Å². The van der Waals surface area contributed by atoms with E-state index >= 15 is 0 Å². The van der Waals surface area contributed by atoms with Crippen LogP contribution in [0.3, 0.4) is 0 Å². The lowest BCUT2D eigenvalue weighted by atomic mass is 10.1. The van der Waals surface area contributed by atoms with Crippen molar-refractivity contribution in [3.8, 4) is 5.75 Å². The molecule has 0 atom stereocenters. The van der Waals surface area contributed by atoms with E-state index in [0.717, 1.165) is 17.0 Å². The van der Waals surface area contributed by atoms with Crippen molar-refractivity contribution in [2.45, 2.75) is 13.3 Å². The number of hydrazone groups is 1. The summed E-state index contributed by atoms with van der Waals surface area (Å²) in [6, 6.07) is 6.99. The number of amides is 2. The monoisotopic (exact) mass is 221 g/mol. The smallest absolute Gasteiger partial charge is 0.332 e. The summed E-state index contributed by atoms with van der Waals surface area (Å²) in [6.07, 6.45) is 0.657. The SMILES string of the molecule is COc1ccc(C/C(C)=N\NC(N)=O)cc1. The summed E-state index contributed by atoms with van der Waals surface area (Å²) < 4.78 is 5.05. The van der Waals surface area contributed by atoms with Gasteiger partial charge in [-0.05, 0) is 24.6 Å². The van der Waals surface area contributed by atoms with E-state index in [0.29, 0.717) is 6.42 Å². The first-order valence-electron chi connectivity index (χ1n) is 4.83. The van der Waals surface area contributed by atoms with Crippen LogP contribution in [0, 0.1) is 0 Å². The van der Waals surface area contributed by atoms with Gasteiger partial charge in [-0.3, -0.25) is 0 Å². The molecule has 1 aromatic rings. The zero-order valence-electron chi connectivity index (χ0n) is 9.36. The lowest BCUT2D eigenvalue weighted by Gasteiger charge is -2.03. The van der Waals surface area contributed by atoms with Crippen LogP contribution < -0.4 is 15.9 Å². The third kappa shape index (κ3) is 4.00. The molecule has 5 nitrogen and oxygen atoms in total. The van der Waals surface area contributed by atoms with Crippen LogP contribution in [0.25, 0.3) is 0 Å². The molecular formula is C11H15N3O2. The molecule has 0 aliphatic heterocycles. The second kappa shape index (κ2) is 5.75. The molecule has 0 saturated heterocycles. The maximum absolute atomic E-state index is 10.4. The maximum Gasteiger partial charge on any atom is 0.332 e. The highest BCUT2D eigenvalue weighted by atomic mass is 16.5. The van der Waals surface area contributed by atoms with E-state index < -0.39 is 6.03 Å². The number of benzene rings is 1.